The van der Waals surface area contributed by atoms with Gasteiger partial charge in [0, 0.05) is 24.8 Å². The molecular weight excluding hydrogens is 282 g/mol. The molecule has 1 heterocycles. The Labute approximate surface area is 120 Å². The number of hydrogen-bond acceptors (Lipinski definition) is 5. The number of amides is 2. The molecule has 1 aromatic heterocycles. The van der Waals surface area contributed by atoms with E-state index >= 15 is 0 Å². The van der Waals surface area contributed by atoms with E-state index in [9.17, 15) is 14.4 Å². The van der Waals surface area contributed by atoms with Crippen LogP contribution in [0, 0.1) is 0 Å². The van der Waals surface area contributed by atoms with Gasteiger partial charge in [-0.05, 0) is 6.42 Å². The maximum absolute atomic E-state index is 11.5. The number of aromatic nitrogens is 1. The van der Waals surface area contributed by atoms with E-state index in [-0.39, 0.29) is 36.9 Å². The third-order valence-electron chi connectivity index (χ3n) is 2.36. The van der Waals surface area contributed by atoms with Crippen LogP contribution >= 0.6 is 11.3 Å². The first-order chi connectivity index (χ1) is 9.52. The zero-order chi connectivity index (χ0) is 15.0. The second-order valence-corrected chi connectivity index (χ2v) is 5.00. The zero-order valence-corrected chi connectivity index (χ0v) is 12.0. The van der Waals surface area contributed by atoms with E-state index < -0.39 is 5.97 Å². The second-order valence-electron chi connectivity index (χ2n) is 4.06. The lowest BCUT2D eigenvalue weighted by Crippen LogP contribution is -2.27. The number of rotatable bonds is 8. The molecule has 0 aliphatic carbocycles. The Hall–Kier alpha value is -1.96. The fourth-order valence-electron chi connectivity index (χ4n) is 1.33. The van der Waals surface area contributed by atoms with Crippen molar-refractivity contribution < 1.29 is 19.5 Å². The maximum atomic E-state index is 11.5. The molecule has 0 saturated heterocycles. The molecule has 0 spiro atoms. The molecule has 0 bridgehead atoms. The summed E-state index contributed by atoms with van der Waals surface area (Å²) in [7, 11) is 0. The molecule has 8 heteroatoms. The largest absolute Gasteiger partial charge is 0.476 e. The topological polar surface area (TPSA) is 108 Å². The third-order valence-corrected chi connectivity index (χ3v) is 3.21. The first-order valence-electron chi connectivity index (χ1n) is 6.24. The molecule has 0 saturated carbocycles. The molecule has 0 aliphatic rings. The van der Waals surface area contributed by atoms with Gasteiger partial charge in [0.2, 0.25) is 11.8 Å². The van der Waals surface area contributed by atoms with Crippen molar-refractivity contribution in [1.82, 2.24) is 15.6 Å². The van der Waals surface area contributed by atoms with Crippen molar-refractivity contribution >= 4 is 29.1 Å². The molecule has 0 fully saturated rings. The highest BCUT2D eigenvalue weighted by molar-refractivity contribution is 7.09. The second kappa shape index (κ2) is 8.26. The van der Waals surface area contributed by atoms with Crippen molar-refractivity contribution in [2.75, 3.05) is 6.54 Å². The third kappa shape index (κ3) is 5.79. The molecule has 110 valence electrons. The molecule has 0 atom stereocenters. The molecule has 0 radical (unpaired) electrons. The van der Waals surface area contributed by atoms with Crippen molar-refractivity contribution in [2.45, 2.75) is 32.7 Å². The predicted octanol–water partition coefficient (Wildman–Crippen LogP) is 0.764. The maximum Gasteiger partial charge on any atom is 0.355 e. The average Bonchev–Trinajstić information content (AvgIpc) is 2.89. The van der Waals surface area contributed by atoms with Crippen LogP contribution in [0.5, 0.6) is 0 Å². The van der Waals surface area contributed by atoms with E-state index in [2.05, 4.69) is 15.6 Å². The summed E-state index contributed by atoms with van der Waals surface area (Å²) in [6.07, 6.45) is 1.10. The van der Waals surface area contributed by atoms with Gasteiger partial charge in [-0.1, -0.05) is 6.92 Å². The van der Waals surface area contributed by atoms with Crippen LogP contribution in [-0.4, -0.2) is 34.4 Å². The Kier molecular flexibility index (Phi) is 6.65. The van der Waals surface area contributed by atoms with Gasteiger partial charge in [0.05, 0.1) is 6.54 Å². The summed E-state index contributed by atoms with van der Waals surface area (Å²) in [4.78, 5) is 37.3. The number of hydrogen-bond donors (Lipinski definition) is 3. The van der Waals surface area contributed by atoms with Crippen molar-refractivity contribution in [3.8, 4) is 0 Å². The van der Waals surface area contributed by atoms with Gasteiger partial charge in [-0.3, -0.25) is 9.59 Å². The van der Waals surface area contributed by atoms with E-state index in [4.69, 9.17) is 5.11 Å². The summed E-state index contributed by atoms with van der Waals surface area (Å²) in [6, 6.07) is 0. The number of nitrogens with one attached hydrogen (secondary N) is 2. The zero-order valence-electron chi connectivity index (χ0n) is 11.1. The van der Waals surface area contributed by atoms with Gasteiger partial charge in [0.25, 0.3) is 0 Å². The first-order valence-corrected chi connectivity index (χ1v) is 7.12. The quantitative estimate of drug-likeness (QED) is 0.657. The minimum absolute atomic E-state index is 0.0295. The molecule has 2 amide bonds. The Bertz CT molecular complexity index is 487. The normalized spacial score (nSPS) is 10.1. The lowest BCUT2D eigenvalue weighted by molar-refractivity contribution is -0.126. The van der Waals surface area contributed by atoms with Crippen LogP contribution in [0.1, 0.15) is 41.7 Å². The molecule has 1 aromatic rings. The highest BCUT2D eigenvalue weighted by Crippen LogP contribution is 2.09. The monoisotopic (exact) mass is 299 g/mol. The molecule has 20 heavy (non-hydrogen) atoms. The van der Waals surface area contributed by atoms with Gasteiger partial charge < -0.3 is 15.7 Å². The van der Waals surface area contributed by atoms with Gasteiger partial charge in [-0.25, -0.2) is 9.78 Å². The Balaban J connectivity index is 2.25. The lowest BCUT2D eigenvalue weighted by Gasteiger charge is -2.04. The number of nitrogens with zero attached hydrogens (tertiary/aromatic N) is 1. The van der Waals surface area contributed by atoms with Crippen molar-refractivity contribution in [3.05, 3.63) is 16.1 Å². The van der Waals surface area contributed by atoms with Crippen LogP contribution in [-0.2, 0) is 16.1 Å². The minimum atomic E-state index is -1.09. The molecule has 0 unspecified atom stereocenters. The Morgan fingerprint density at radius 3 is 2.45 bits per heavy atom. The van der Waals surface area contributed by atoms with Gasteiger partial charge in [0.15, 0.2) is 5.69 Å². The number of aromatic carboxylic acids is 1. The van der Waals surface area contributed by atoms with Crippen LogP contribution in [0.2, 0.25) is 0 Å². The number of carbonyl (C=O) groups is 3. The predicted molar refractivity (Wildman–Crippen MR) is 73.5 cm³/mol. The number of thiazole rings is 1. The summed E-state index contributed by atoms with van der Waals surface area (Å²) in [6.45, 7) is 2.73. The van der Waals surface area contributed by atoms with Crippen LogP contribution < -0.4 is 10.6 Å². The van der Waals surface area contributed by atoms with Gasteiger partial charge >= 0.3 is 5.97 Å². The highest BCUT2D eigenvalue weighted by atomic mass is 32.1. The molecular formula is C12H17N3O4S. The fourth-order valence-corrected chi connectivity index (χ4v) is 2.04. The van der Waals surface area contributed by atoms with Crippen LogP contribution in [0.15, 0.2) is 5.38 Å². The summed E-state index contributed by atoms with van der Waals surface area (Å²) >= 11 is 1.17. The molecule has 0 aromatic carbocycles. The summed E-state index contributed by atoms with van der Waals surface area (Å²) < 4.78 is 0. The highest BCUT2D eigenvalue weighted by Gasteiger charge is 2.10. The molecule has 0 aliphatic heterocycles. The van der Waals surface area contributed by atoms with E-state index in [1.807, 2.05) is 6.92 Å². The van der Waals surface area contributed by atoms with E-state index in [0.29, 0.717) is 11.6 Å². The Morgan fingerprint density at radius 1 is 1.25 bits per heavy atom. The van der Waals surface area contributed by atoms with E-state index in [1.165, 1.54) is 16.7 Å². The van der Waals surface area contributed by atoms with Crippen LogP contribution in [0.3, 0.4) is 0 Å². The first kappa shape index (κ1) is 16.1. The number of carboxylic acid groups (broad SMARTS) is 1. The summed E-state index contributed by atoms with van der Waals surface area (Å²) in [5.41, 5.74) is -0.0295. The summed E-state index contributed by atoms with van der Waals surface area (Å²) in [5, 5.41) is 15.9. The average molecular weight is 299 g/mol. The SMILES string of the molecule is CCCNC(=O)CCC(=O)NCc1nc(C(=O)O)cs1. The van der Waals surface area contributed by atoms with Gasteiger partial charge in [-0.2, -0.15) is 0 Å². The number of carboxylic acids is 1. The molecule has 7 nitrogen and oxygen atoms in total. The van der Waals surface area contributed by atoms with Crippen molar-refractivity contribution in [2.24, 2.45) is 0 Å². The Morgan fingerprint density at radius 2 is 1.90 bits per heavy atom. The van der Waals surface area contributed by atoms with E-state index in [1.54, 1.807) is 0 Å². The summed E-state index contributed by atoms with van der Waals surface area (Å²) in [5.74, 6) is -1.50. The van der Waals surface area contributed by atoms with Gasteiger partial charge in [0.1, 0.15) is 5.01 Å². The van der Waals surface area contributed by atoms with Crippen LogP contribution in [0.25, 0.3) is 0 Å². The van der Waals surface area contributed by atoms with Crippen molar-refractivity contribution in [1.29, 1.82) is 0 Å². The fraction of sp³-hybridized carbons (Fsp3) is 0.500. The standard InChI is InChI=1S/C12H17N3O4S/c1-2-5-13-9(16)3-4-10(17)14-6-11-15-8(7-20-11)12(18)19/h7H,2-6H2,1H3,(H,13,16)(H,14,17)(H,18,19). The number of carbonyl (C=O) groups excluding carboxylic acids is 2. The van der Waals surface area contributed by atoms with E-state index in [0.717, 1.165) is 6.42 Å². The molecule has 1 rings (SSSR count). The van der Waals surface area contributed by atoms with Crippen LogP contribution in [0.4, 0.5) is 0 Å². The smallest absolute Gasteiger partial charge is 0.355 e. The minimum Gasteiger partial charge on any atom is -0.476 e. The van der Waals surface area contributed by atoms with Crippen molar-refractivity contribution in [3.63, 3.8) is 0 Å². The lowest BCUT2D eigenvalue weighted by atomic mass is 10.2. The molecule has 3 N–H and O–H groups in total. The van der Waals surface area contributed by atoms with Gasteiger partial charge in [-0.15, -0.1) is 11.3 Å².